The van der Waals surface area contributed by atoms with Crippen molar-refractivity contribution in [3.8, 4) is 22.3 Å². The first-order chi connectivity index (χ1) is 13.7. The summed E-state index contributed by atoms with van der Waals surface area (Å²) in [5.41, 5.74) is 1.42. The zero-order valence-electron chi connectivity index (χ0n) is 14.9. The molecule has 0 aliphatic heterocycles. The van der Waals surface area contributed by atoms with Crippen LogP contribution < -0.4 is 10.1 Å². The summed E-state index contributed by atoms with van der Waals surface area (Å²) < 4.78 is 19.1. The zero-order valence-corrected chi connectivity index (χ0v) is 15.7. The van der Waals surface area contributed by atoms with Gasteiger partial charge in [0.15, 0.2) is 6.61 Å². The number of nitrogens with zero attached hydrogens (tertiary/aromatic N) is 1. The molecule has 3 aromatic rings. The van der Waals surface area contributed by atoms with Gasteiger partial charge in [-0.3, -0.25) is 4.79 Å². The van der Waals surface area contributed by atoms with Crippen molar-refractivity contribution in [3.63, 3.8) is 0 Å². The number of benzene rings is 2. The van der Waals surface area contributed by atoms with E-state index in [0.717, 1.165) is 15.3 Å². The third-order valence-corrected chi connectivity index (χ3v) is 4.92. The van der Waals surface area contributed by atoms with Crippen LogP contribution in [0.3, 0.4) is 0 Å². The van der Waals surface area contributed by atoms with Crippen LogP contribution >= 0.6 is 11.3 Å². The van der Waals surface area contributed by atoms with Crippen molar-refractivity contribution in [2.24, 2.45) is 0 Å². The molecule has 1 N–H and O–H groups in total. The summed E-state index contributed by atoms with van der Waals surface area (Å²) in [7, 11) is 0. The molecule has 0 unspecified atom stereocenters. The lowest BCUT2D eigenvalue weighted by Crippen LogP contribution is -2.20. The minimum absolute atomic E-state index is 0.0196. The van der Waals surface area contributed by atoms with Crippen LogP contribution in [0.15, 0.2) is 66.7 Å². The van der Waals surface area contributed by atoms with Gasteiger partial charge in [-0.15, -0.1) is 11.3 Å². The van der Waals surface area contributed by atoms with Crippen molar-refractivity contribution in [1.82, 2.24) is 5.32 Å². The minimum atomic E-state index is -0.265. The maximum atomic E-state index is 13.9. The van der Waals surface area contributed by atoms with Crippen molar-refractivity contribution in [1.29, 1.82) is 5.26 Å². The van der Waals surface area contributed by atoms with Gasteiger partial charge in [-0.1, -0.05) is 30.3 Å². The Bertz CT molecular complexity index is 1040. The molecule has 6 heteroatoms. The Balaban J connectivity index is 1.56. The minimum Gasteiger partial charge on any atom is -0.479 e. The Morgan fingerprint density at radius 2 is 2.04 bits per heavy atom. The first kappa shape index (κ1) is 19.3. The second kappa shape index (κ2) is 9.49. The van der Waals surface area contributed by atoms with Crippen LogP contribution in [-0.2, 0) is 11.3 Å². The number of carbonyl (C=O) groups is 1. The summed E-state index contributed by atoms with van der Waals surface area (Å²) >= 11 is 1.42. The lowest BCUT2D eigenvalue weighted by atomic mass is 10.2. The van der Waals surface area contributed by atoms with Crippen molar-refractivity contribution < 1.29 is 13.9 Å². The van der Waals surface area contributed by atoms with E-state index in [2.05, 4.69) is 5.32 Å². The second-order valence-electron chi connectivity index (χ2n) is 5.83. The van der Waals surface area contributed by atoms with Gasteiger partial charge in [0.05, 0.1) is 0 Å². The molecule has 0 bridgehead atoms. The fraction of sp³-hybridized carbons (Fsp3) is 0.0909. The van der Waals surface area contributed by atoms with E-state index in [1.165, 1.54) is 23.5 Å². The highest BCUT2D eigenvalue weighted by Crippen LogP contribution is 2.30. The SMILES string of the molecule is N#CCOc1cccc(CNC(=O)/C=C/c2ccc(-c3ccccc3F)s2)c1. The Kier molecular flexibility index (Phi) is 6.55. The number of rotatable bonds is 7. The molecule has 0 saturated carbocycles. The maximum Gasteiger partial charge on any atom is 0.244 e. The number of hydrogen-bond donors (Lipinski definition) is 1. The van der Waals surface area contributed by atoms with Gasteiger partial charge in [-0.2, -0.15) is 5.26 Å². The van der Waals surface area contributed by atoms with Gasteiger partial charge >= 0.3 is 0 Å². The third kappa shape index (κ3) is 5.29. The van der Waals surface area contributed by atoms with Crippen LogP contribution in [0.2, 0.25) is 0 Å². The molecule has 0 fully saturated rings. The smallest absolute Gasteiger partial charge is 0.244 e. The van der Waals surface area contributed by atoms with E-state index in [4.69, 9.17) is 10.00 Å². The largest absolute Gasteiger partial charge is 0.479 e. The van der Waals surface area contributed by atoms with Gasteiger partial charge in [0.2, 0.25) is 5.91 Å². The van der Waals surface area contributed by atoms with Gasteiger partial charge in [-0.05, 0) is 42.0 Å². The van der Waals surface area contributed by atoms with Crippen LogP contribution in [0, 0.1) is 17.1 Å². The monoisotopic (exact) mass is 392 g/mol. The Hall–Kier alpha value is -3.43. The van der Waals surface area contributed by atoms with Gasteiger partial charge in [0, 0.05) is 27.9 Å². The Morgan fingerprint density at radius 3 is 2.86 bits per heavy atom. The fourth-order valence-electron chi connectivity index (χ4n) is 2.51. The molecule has 28 heavy (non-hydrogen) atoms. The number of halogens is 1. The van der Waals surface area contributed by atoms with E-state index in [0.29, 0.717) is 17.9 Å². The normalized spacial score (nSPS) is 10.6. The molecule has 0 aliphatic rings. The first-order valence-electron chi connectivity index (χ1n) is 8.55. The number of amides is 1. The molecule has 140 valence electrons. The van der Waals surface area contributed by atoms with Crippen molar-refractivity contribution in [3.05, 3.63) is 83.0 Å². The number of hydrogen-bond acceptors (Lipinski definition) is 4. The summed E-state index contributed by atoms with van der Waals surface area (Å²) in [6.07, 6.45) is 3.16. The second-order valence-corrected chi connectivity index (χ2v) is 6.94. The molecule has 0 spiro atoms. The molecule has 0 saturated heterocycles. The average Bonchev–Trinajstić information content (AvgIpc) is 3.18. The van der Waals surface area contributed by atoms with Crippen LogP contribution in [0.25, 0.3) is 16.5 Å². The van der Waals surface area contributed by atoms with E-state index >= 15 is 0 Å². The number of carbonyl (C=O) groups excluding carboxylic acids is 1. The molecule has 3 rings (SSSR count). The standard InChI is InChI=1S/C22H17FN2O2S/c23-20-7-2-1-6-19(20)21-10-8-18(28-21)9-11-22(26)25-15-16-4-3-5-17(14-16)27-13-12-24/h1-11,14H,13,15H2,(H,25,26)/b11-9+. The summed E-state index contributed by atoms with van der Waals surface area (Å²) in [5.74, 6) is 0.0888. The summed E-state index contributed by atoms with van der Waals surface area (Å²) in [4.78, 5) is 13.7. The molecule has 0 radical (unpaired) electrons. The molecule has 1 amide bonds. The Labute approximate surface area is 166 Å². The first-order valence-corrected chi connectivity index (χ1v) is 9.37. The highest BCUT2D eigenvalue weighted by Gasteiger charge is 2.06. The summed E-state index contributed by atoms with van der Waals surface area (Å²) in [6.45, 7) is 0.325. The van der Waals surface area contributed by atoms with E-state index in [1.807, 2.05) is 24.3 Å². The number of ether oxygens (including phenoxy) is 1. The van der Waals surface area contributed by atoms with Crippen LogP contribution in [-0.4, -0.2) is 12.5 Å². The van der Waals surface area contributed by atoms with E-state index in [1.54, 1.807) is 42.5 Å². The van der Waals surface area contributed by atoms with Gasteiger partial charge in [0.25, 0.3) is 0 Å². The van der Waals surface area contributed by atoms with Crippen molar-refractivity contribution in [2.75, 3.05) is 6.61 Å². The summed E-state index contributed by atoms with van der Waals surface area (Å²) in [6, 6.07) is 19.4. The average molecular weight is 392 g/mol. The molecule has 4 nitrogen and oxygen atoms in total. The molecule has 1 heterocycles. The third-order valence-electron chi connectivity index (χ3n) is 3.83. The van der Waals surface area contributed by atoms with Crippen LogP contribution in [0.4, 0.5) is 4.39 Å². The van der Waals surface area contributed by atoms with Gasteiger partial charge in [-0.25, -0.2) is 4.39 Å². The molecular weight excluding hydrogens is 375 g/mol. The van der Waals surface area contributed by atoms with E-state index < -0.39 is 0 Å². The fourth-order valence-corrected chi connectivity index (χ4v) is 3.45. The van der Waals surface area contributed by atoms with Crippen LogP contribution in [0.5, 0.6) is 5.75 Å². The Morgan fingerprint density at radius 1 is 1.18 bits per heavy atom. The van der Waals surface area contributed by atoms with Crippen molar-refractivity contribution in [2.45, 2.75) is 6.54 Å². The lowest BCUT2D eigenvalue weighted by molar-refractivity contribution is -0.116. The lowest BCUT2D eigenvalue weighted by Gasteiger charge is -2.05. The topological polar surface area (TPSA) is 62.1 Å². The molecule has 0 atom stereocenters. The molecule has 2 aromatic carbocycles. The number of nitrogens with one attached hydrogen (secondary N) is 1. The zero-order chi connectivity index (χ0) is 19.8. The maximum absolute atomic E-state index is 13.9. The molecular formula is C22H17FN2O2S. The van der Waals surface area contributed by atoms with Crippen molar-refractivity contribution >= 4 is 23.3 Å². The van der Waals surface area contributed by atoms with Crippen LogP contribution in [0.1, 0.15) is 10.4 Å². The van der Waals surface area contributed by atoms with Gasteiger partial charge in [0.1, 0.15) is 17.6 Å². The predicted molar refractivity (Wildman–Crippen MR) is 108 cm³/mol. The molecule has 1 aromatic heterocycles. The summed E-state index contributed by atoms with van der Waals surface area (Å²) in [5, 5.41) is 11.3. The molecule has 0 aliphatic carbocycles. The predicted octanol–water partition coefficient (Wildman–Crippen LogP) is 4.79. The van der Waals surface area contributed by atoms with E-state index in [-0.39, 0.29) is 18.3 Å². The highest BCUT2D eigenvalue weighted by atomic mass is 32.1. The number of nitriles is 1. The van der Waals surface area contributed by atoms with E-state index in [9.17, 15) is 9.18 Å². The highest BCUT2D eigenvalue weighted by molar-refractivity contribution is 7.16. The quantitative estimate of drug-likeness (QED) is 0.588. The van der Waals surface area contributed by atoms with Gasteiger partial charge < -0.3 is 10.1 Å². The number of thiophene rings is 1.